The molecule has 0 bridgehead atoms. The number of carboxylic acid groups (broad SMARTS) is 1. The Hall–Kier alpha value is -3.92. The molecule has 0 aromatic heterocycles. The van der Waals surface area contributed by atoms with E-state index in [1.807, 2.05) is 42.7 Å². The highest BCUT2D eigenvalue weighted by molar-refractivity contribution is 7.86. The number of methoxy groups -OCH3 is 2. The molecule has 5 rings (SSSR count). The lowest BCUT2D eigenvalue weighted by molar-refractivity contribution is -0.442. The molecular weight excluding hydrogens is 1080 g/mol. The Bertz CT molecular complexity index is 2830. The second-order valence-electron chi connectivity index (χ2n) is 19.3. The van der Waals surface area contributed by atoms with Gasteiger partial charge in [0.05, 0.1) is 91.4 Å². The number of aliphatic carboxylic acids is 1. The first-order chi connectivity index (χ1) is 36.5. The van der Waals surface area contributed by atoms with Crippen molar-refractivity contribution in [1.29, 1.82) is 0 Å². The summed E-state index contributed by atoms with van der Waals surface area (Å²) >= 11 is 7.30. The average molecular weight is 1160 g/mol. The number of rotatable bonds is 36. The summed E-state index contributed by atoms with van der Waals surface area (Å²) in [6.07, 6.45) is 11.7. The van der Waals surface area contributed by atoms with Crippen LogP contribution in [0.3, 0.4) is 0 Å². The highest BCUT2D eigenvalue weighted by Crippen LogP contribution is 2.51. The average Bonchev–Trinajstić information content (AvgIpc) is 3.92. The minimum Gasteiger partial charge on any atom is -0.748 e. The number of hydrogen-bond acceptors (Lipinski definition) is 18. The summed E-state index contributed by atoms with van der Waals surface area (Å²) in [6.45, 7) is 8.93. The molecule has 0 saturated carbocycles. The number of hydrogen-bond donors (Lipinski definition) is 1. The predicted octanol–water partition coefficient (Wildman–Crippen LogP) is 6.41. The van der Waals surface area contributed by atoms with E-state index in [-0.39, 0.29) is 50.5 Å². The third-order valence-corrected chi connectivity index (χ3v) is 16.8. The van der Waals surface area contributed by atoms with Crippen molar-refractivity contribution in [3.63, 3.8) is 0 Å². The molecule has 2 unspecified atom stereocenters. The van der Waals surface area contributed by atoms with Crippen LogP contribution in [0.5, 0.6) is 0 Å². The van der Waals surface area contributed by atoms with Gasteiger partial charge in [0.25, 0.3) is 0 Å². The predicted molar refractivity (Wildman–Crippen MR) is 285 cm³/mol. The van der Waals surface area contributed by atoms with Crippen LogP contribution in [0.4, 0.5) is 11.4 Å². The minimum absolute atomic E-state index is 0.0272. The van der Waals surface area contributed by atoms with E-state index >= 15 is 0 Å². The number of ether oxygens (including phenoxy) is 7. The lowest BCUT2D eigenvalue weighted by Crippen LogP contribution is -2.33. The molecule has 24 heteroatoms. The number of carbonyl (C=O) groups is 1. The molecule has 3 aliphatic rings. The van der Waals surface area contributed by atoms with Crippen molar-refractivity contribution in [2.75, 3.05) is 117 Å². The van der Waals surface area contributed by atoms with Crippen LogP contribution in [0, 0.1) is 0 Å². The van der Waals surface area contributed by atoms with Crippen molar-refractivity contribution in [3.8, 4) is 0 Å². The van der Waals surface area contributed by atoms with E-state index in [0.29, 0.717) is 139 Å². The number of nitrogens with zero attached hydrogens (tertiary/aromatic N) is 2. The van der Waals surface area contributed by atoms with Gasteiger partial charge in [0.15, 0.2) is 12.3 Å². The quantitative estimate of drug-likeness (QED) is 0.0438. The van der Waals surface area contributed by atoms with E-state index in [4.69, 9.17) is 44.8 Å². The van der Waals surface area contributed by atoms with Crippen LogP contribution < -0.4 is 4.90 Å². The largest absolute Gasteiger partial charge is 0.748 e. The number of allylic oxidation sites excluding steroid dienone is 8. The highest BCUT2D eigenvalue weighted by Gasteiger charge is 2.48. The van der Waals surface area contributed by atoms with Gasteiger partial charge in [0.1, 0.15) is 26.8 Å². The van der Waals surface area contributed by atoms with Crippen molar-refractivity contribution < 1.29 is 86.5 Å². The molecule has 0 saturated heterocycles. The smallest absolute Gasteiger partial charge is 0.303 e. The highest BCUT2D eigenvalue weighted by atomic mass is 35.5. The van der Waals surface area contributed by atoms with Gasteiger partial charge in [0.2, 0.25) is 5.69 Å². The molecule has 2 aromatic rings. The molecule has 20 nitrogen and oxygen atoms in total. The Kier molecular flexibility index (Phi) is 24.9. The maximum atomic E-state index is 12.4. The van der Waals surface area contributed by atoms with Crippen molar-refractivity contribution in [2.24, 2.45) is 0 Å². The normalized spacial score (nSPS) is 20.1. The zero-order valence-corrected chi connectivity index (χ0v) is 47.5. The fraction of sp³-hybridized carbons (Fsp3) is 0.585. The molecule has 0 fully saturated rings. The molecule has 1 N–H and O–H groups in total. The van der Waals surface area contributed by atoms with Crippen LogP contribution in [0.25, 0.3) is 0 Å². The van der Waals surface area contributed by atoms with Gasteiger partial charge in [-0.25, -0.2) is 25.3 Å². The Morgan fingerprint density at radius 1 is 0.688 bits per heavy atom. The van der Waals surface area contributed by atoms with Gasteiger partial charge in [-0.05, 0) is 118 Å². The van der Waals surface area contributed by atoms with Gasteiger partial charge in [-0.2, -0.15) is 4.58 Å². The van der Waals surface area contributed by atoms with Gasteiger partial charge in [0, 0.05) is 79.1 Å². The van der Waals surface area contributed by atoms with Crippen LogP contribution in [0.2, 0.25) is 0 Å². The lowest BCUT2D eigenvalue weighted by Gasteiger charge is -2.30. The van der Waals surface area contributed by atoms with Gasteiger partial charge >= 0.3 is 5.97 Å². The van der Waals surface area contributed by atoms with Crippen LogP contribution in [0.1, 0.15) is 89.2 Å². The SMILES string of the molecule is COCCOCCOCCOCCOCCOCC[N+]1=C(C=CC2=C(Cl)C(=CC=C3N(CCCCCC(=O)O)c4ccc(S(=O)(=O)[O-])cc4C3(C)CCOC)CCC2)C(C)(CCCS(=O)(=O)[O-])c2cc(S(=O)(=O)[O-])ccc21. The Morgan fingerprint density at radius 2 is 1.26 bits per heavy atom. The topological polar surface area (TPSA) is 280 Å². The van der Waals surface area contributed by atoms with Crippen molar-refractivity contribution >= 4 is 65.0 Å². The number of unbranched alkanes of at least 4 members (excludes halogenated alkanes) is 2. The Labute approximate surface area is 458 Å². The van der Waals surface area contributed by atoms with E-state index in [2.05, 4.69) is 4.90 Å². The monoisotopic (exact) mass is 1160 g/mol. The van der Waals surface area contributed by atoms with Crippen molar-refractivity contribution in [3.05, 3.63) is 93.7 Å². The summed E-state index contributed by atoms with van der Waals surface area (Å²) in [5.41, 5.74) is 3.47. The Morgan fingerprint density at radius 3 is 1.83 bits per heavy atom. The number of anilines is 1. The zero-order valence-electron chi connectivity index (χ0n) is 44.3. The molecular formula is C53H73ClN2O18S3-2. The number of benzene rings is 2. The summed E-state index contributed by atoms with van der Waals surface area (Å²) < 4.78 is 150. The molecule has 1 aliphatic carbocycles. The molecule has 0 amide bonds. The molecule has 77 heavy (non-hydrogen) atoms. The third kappa shape index (κ3) is 18.6. The fourth-order valence-corrected chi connectivity index (χ4v) is 11.7. The number of fused-ring (bicyclic) bond motifs is 2. The molecule has 2 aromatic carbocycles. The molecule has 2 atom stereocenters. The van der Waals surface area contributed by atoms with E-state index in [1.165, 1.54) is 30.3 Å². The molecule has 0 spiro atoms. The maximum Gasteiger partial charge on any atom is 0.303 e. The fourth-order valence-electron chi connectivity index (χ4n) is 9.86. The van der Waals surface area contributed by atoms with E-state index in [1.54, 1.807) is 20.3 Å². The number of halogens is 1. The second kappa shape index (κ2) is 30.1. The van der Waals surface area contributed by atoms with E-state index in [9.17, 15) is 48.8 Å². The summed E-state index contributed by atoms with van der Waals surface area (Å²) in [7, 11) is -11.1. The summed E-state index contributed by atoms with van der Waals surface area (Å²) in [6, 6.07) is 8.43. The first-order valence-electron chi connectivity index (χ1n) is 25.7. The van der Waals surface area contributed by atoms with E-state index in [0.717, 1.165) is 22.5 Å². The van der Waals surface area contributed by atoms with Crippen molar-refractivity contribution in [1.82, 2.24) is 0 Å². The maximum absolute atomic E-state index is 12.4. The second-order valence-corrected chi connectivity index (χ2v) is 23.9. The Balaban J connectivity index is 1.43. The zero-order chi connectivity index (χ0) is 56.3. The standard InChI is InChI=1S/C53H75ClN2O18S3/c1-52(21-9-37-75(59,60)61)44-38-42(76(62,63)64)16-18-47(44)56(24-26-70-29-30-72-33-34-74-36-35-73-32-31-71-28-27-69-4)48(52)19-13-40-10-8-11-41(51(40)54)14-20-49-53(2,22-25-68-3)45-39-43(77(65,66)67)15-17-46(45)55(49)23-7-5-6-12-50(57)58/h13-20,38-39H,5-12,21-37H2,1-4H3,(H3-,57,58,59,60,61,62,63,64,65,66,67)/p-2. The summed E-state index contributed by atoms with van der Waals surface area (Å²) in [5.74, 6) is -1.55. The van der Waals surface area contributed by atoms with Crippen LogP contribution in [-0.4, -0.2) is 173 Å². The molecule has 2 heterocycles. The first-order valence-corrected chi connectivity index (χ1v) is 30.5. The van der Waals surface area contributed by atoms with E-state index < -0.39 is 57.8 Å². The molecule has 0 radical (unpaired) electrons. The van der Waals surface area contributed by atoms with Gasteiger partial charge in [-0.3, -0.25) is 4.79 Å². The number of carboxylic acids is 1. The summed E-state index contributed by atoms with van der Waals surface area (Å²) in [4.78, 5) is 12.5. The van der Waals surface area contributed by atoms with Crippen LogP contribution in [0.15, 0.2) is 92.4 Å². The first kappa shape index (κ1) is 63.9. The summed E-state index contributed by atoms with van der Waals surface area (Å²) in [5, 5.41) is 9.70. The van der Waals surface area contributed by atoms with Crippen molar-refractivity contribution in [2.45, 2.75) is 98.7 Å². The molecule has 2 aliphatic heterocycles. The molecule has 430 valence electrons. The lowest BCUT2D eigenvalue weighted by atomic mass is 9.75. The minimum atomic E-state index is -4.91. The van der Waals surface area contributed by atoms with Crippen LogP contribution >= 0.6 is 11.6 Å². The third-order valence-electron chi connectivity index (χ3n) is 13.9. The van der Waals surface area contributed by atoms with Gasteiger partial charge in [-0.15, -0.1) is 0 Å². The van der Waals surface area contributed by atoms with Crippen LogP contribution in [-0.2, 0) is 79.1 Å². The van der Waals surface area contributed by atoms with Gasteiger partial charge in [-0.1, -0.05) is 30.2 Å². The van der Waals surface area contributed by atoms with Gasteiger partial charge < -0.3 is 56.8 Å².